The molecular weight excluding hydrogens is 354 g/mol. The summed E-state index contributed by atoms with van der Waals surface area (Å²) >= 11 is 0. The molecule has 0 fully saturated rings. The molecule has 0 aliphatic heterocycles. The van der Waals surface area contributed by atoms with Gasteiger partial charge in [-0.3, -0.25) is 9.97 Å². The van der Waals surface area contributed by atoms with Gasteiger partial charge in [-0.15, -0.1) is 0 Å². The van der Waals surface area contributed by atoms with Gasteiger partial charge in [-0.2, -0.15) is 0 Å². The third kappa shape index (κ3) is 2.10. The Kier molecular flexibility index (Phi) is 3.34. The first kappa shape index (κ1) is 16.6. The molecule has 0 N–H and O–H groups in total. The fraction of sp³-hybridized carbons (Fsp3) is 0.192. The molecule has 4 aromatic rings. The van der Waals surface area contributed by atoms with Gasteiger partial charge >= 0.3 is 0 Å². The van der Waals surface area contributed by atoms with E-state index in [1.165, 1.54) is 44.6 Å². The van der Waals surface area contributed by atoms with Gasteiger partial charge < -0.3 is 0 Å². The van der Waals surface area contributed by atoms with E-state index in [2.05, 4.69) is 80.2 Å². The monoisotopic (exact) mass is 376 g/mol. The lowest BCUT2D eigenvalue weighted by molar-refractivity contribution is -0.661. The Hall–Kier alpha value is -3.33. The number of hydrogen-bond acceptors (Lipinski definition) is 2. The fourth-order valence-electron chi connectivity index (χ4n) is 5.52. The van der Waals surface area contributed by atoms with E-state index < -0.39 is 0 Å². The van der Waals surface area contributed by atoms with Gasteiger partial charge in [-0.1, -0.05) is 42.5 Å². The lowest BCUT2D eigenvalue weighted by atomic mass is 9.62. The van der Waals surface area contributed by atoms with Gasteiger partial charge in [0, 0.05) is 29.1 Å². The maximum Gasteiger partial charge on any atom is 0.217 e. The van der Waals surface area contributed by atoms with Crippen molar-refractivity contribution in [3.8, 4) is 11.3 Å². The van der Waals surface area contributed by atoms with Crippen LogP contribution >= 0.6 is 0 Å². The highest BCUT2D eigenvalue weighted by Crippen LogP contribution is 2.56. The van der Waals surface area contributed by atoms with E-state index in [0.29, 0.717) is 0 Å². The quantitative estimate of drug-likeness (QED) is 0.393. The SMILES string of the molecule is Cc1ccccc1-c1c2c(c(C)c[n+]1C)C1c3ccccc3C2c2nccnc21. The van der Waals surface area contributed by atoms with E-state index in [1.807, 2.05) is 12.4 Å². The molecule has 2 unspecified atom stereocenters. The highest BCUT2D eigenvalue weighted by molar-refractivity contribution is 5.75. The van der Waals surface area contributed by atoms with Crippen LogP contribution in [0.15, 0.2) is 67.1 Å². The van der Waals surface area contributed by atoms with E-state index in [1.54, 1.807) is 0 Å². The van der Waals surface area contributed by atoms with E-state index in [4.69, 9.17) is 9.97 Å². The van der Waals surface area contributed by atoms with Gasteiger partial charge in [0.25, 0.3) is 0 Å². The van der Waals surface area contributed by atoms with E-state index >= 15 is 0 Å². The molecule has 7 rings (SSSR count). The molecule has 2 bridgehead atoms. The van der Waals surface area contributed by atoms with Crippen LogP contribution in [0.2, 0.25) is 0 Å². The standard InChI is InChI=1S/C26H22N3/c1-15-8-4-5-9-17(15)26-23-20(16(2)14-29(26)3)21-18-10-6-7-11-19(18)22(23)25-24(21)27-12-13-28-25/h4-14,21-22H,1-3H3/q+1. The second-order valence-corrected chi connectivity index (χ2v) is 8.24. The van der Waals surface area contributed by atoms with Crippen LogP contribution in [-0.4, -0.2) is 9.97 Å². The maximum absolute atomic E-state index is 4.84. The summed E-state index contributed by atoms with van der Waals surface area (Å²) in [7, 11) is 2.17. The number of rotatable bonds is 1. The maximum atomic E-state index is 4.84. The minimum absolute atomic E-state index is 0.121. The summed E-state index contributed by atoms with van der Waals surface area (Å²) in [5, 5.41) is 0. The van der Waals surface area contributed by atoms with Crippen LogP contribution in [0.5, 0.6) is 0 Å². The summed E-state index contributed by atoms with van der Waals surface area (Å²) in [4.78, 5) is 9.66. The Balaban J connectivity index is 1.78. The van der Waals surface area contributed by atoms with Crippen LogP contribution in [0.4, 0.5) is 0 Å². The number of hydrogen-bond donors (Lipinski definition) is 0. The third-order valence-electron chi connectivity index (χ3n) is 6.61. The second-order valence-electron chi connectivity index (χ2n) is 8.24. The van der Waals surface area contributed by atoms with Crippen LogP contribution < -0.4 is 4.57 Å². The molecule has 29 heavy (non-hydrogen) atoms. The normalized spacial score (nSPS) is 18.2. The molecule has 0 radical (unpaired) electrons. The van der Waals surface area contributed by atoms with Crippen LogP contribution in [0.3, 0.4) is 0 Å². The van der Waals surface area contributed by atoms with E-state index in [-0.39, 0.29) is 11.8 Å². The zero-order valence-corrected chi connectivity index (χ0v) is 16.8. The van der Waals surface area contributed by atoms with Crippen molar-refractivity contribution in [2.75, 3.05) is 0 Å². The number of aryl methyl sites for hydroxylation is 3. The predicted octanol–water partition coefficient (Wildman–Crippen LogP) is 4.57. The number of aromatic nitrogens is 3. The first-order valence-electron chi connectivity index (χ1n) is 10.2. The van der Waals surface area contributed by atoms with Crippen LogP contribution in [0.25, 0.3) is 11.3 Å². The second kappa shape index (κ2) is 5.84. The smallest absolute Gasteiger partial charge is 0.217 e. The lowest BCUT2D eigenvalue weighted by Crippen LogP contribution is -2.39. The summed E-state index contributed by atoms with van der Waals surface area (Å²) in [6.45, 7) is 4.43. The molecule has 2 aromatic carbocycles. The van der Waals surface area contributed by atoms with Crippen LogP contribution in [0, 0.1) is 13.8 Å². The van der Waals surface area contributed by atoms with Gasteiger partial charge in [-0.05, 0) is 42.2 Å². The first-order valence-corrected chi connectivity index (χ1v) is 10.2. The van der Waals surface area contributed by atoms with Crippen LogP contribution in [-0.2, 0) is 7.05 Å². The summed E-state index contributed by atoms with van der Waals surface area (Å²) in [6.07, 6.45) is 5.95. The molecule has 0 saturated heterocycles. The molecule has 0 saturated carbocycles. The van der Waals surface area contributed by atoms with Gasteiger partial charge in [0.15, 0.2) is 6.20 Å². The molecule has 2 atom stereocenters. The molecular formula is C26H22N3+. The van der Waals surface area contributed by atoms with Gasteiger partial charge in [0.2, 0.25) is 5.69 Å². The molecule has 140 valence electrons. The molecule has 0 spiro atoms. The Morgan fingerprint density at radius 3 is 1.97 bits per heavy atom. The summed E-state index contributed by atoms with van der Waals surface area (Å²) in [6, 6.07) is 17.5. The van der Waals surface area contributed by atoms with Crippen molar-refractivity contribution in [3.63, 3.8) is 0 Å². The highest BCUT2D eigenvalue weighted by Gasteiger charge is 2.47. The molecule has 3 aliphatic carbocycles. The Labute approximate surface area is 170 Å². The third-order valence-corrected chi connectivity index (χ3v) is 6.61. The van der Waals surface area contributed by atoms with Crippen molar-refractivity contribution in [2.24, 2.45) is 7.05 Å². The Morgan fingerprint density at radius 2 is 1.31 bits per heavy atom. The van der Waals surface area contributed by atoms with Crippen molar-refractivity contribution < 1.29 is 4.57 Å². The summed E-state index contributed by atoms with van der Waals surface area (Å²) in [5.74, 6) is 0.273. The van der Waals surface area contributed by atoms with Crippen molar-refractivity contribution in [3.05, 3.63) is 112 Å². The van der Waals surface area contributed by atoms with Gasteiger partial charge in [-0.25, -0.2) is 4.57 Å². The van der Waals surface area contributed by atoms with Gasteiger partial charge in [0.1, 0.15) is 7.05 Å². The topological polar surface area (TPSA) is 29.7 Å². The highest BCUT2D eigenvalue weighted by atomic mass is 14.9. The average molecular weight is 376 g/mol. The first-order chi connectivity index (χ1) is 14.2. The predicted molar refractivity (Wildman–Crippen MR) is 113 cm³/mol. The zero-order chi connectivity index (χ0) is 19.7. The molecule has 0 amide bonds. The summed E-state index contributed by atoms with van der Waals surface area (Å²) in [5.41, 5.74) is 13.0. The van der Waals surface area contributed by atoms with Crippen molar-refractivity contribution in [2.45, 2.75) is 25.7 Å². The average Bonchev–Trinajstić information content (AvgIpc) is 2.74. The number of pyridine rings is 1. The van der Waals surface area contributed by atoms with Crippen molar-refractivity contribution in [1.29, 1.82) is 0 Å². The molecule has 3 aliphatic rings. The van der Waals surface area contributed by atoms with Crippen LogP contribution in [0.1, 0.15) is 56.6 Å². The number of benzene rings is 2. The minimum atomic E-state index is 0.121. The molecule has 2 heterocycles. The number of nitrogens with zero attached hydrogens (tertiary/aromatic N) is 3. The Bertz CT molecular complexity index is 1260. The Morgan fingerprint density at radius 1 is 0.724 bits per heavy atom. The zero-order valence-electron chi connectivity index (χ0n) is 16.8. The van der Waals surface area contributed by atoms with Gasteiger partial charge in [0.05, 0.1) is 23.2 Å². The fourth-order valence-corrected chi connectivity index (χ4v) is 5.52. The molecule has 3 nitrogen and oxygen atoms in total. The van der Waals surface area contributed by atoms with Crippen molar-refractivity contribution >= 4 is 0 Å². The van der Waals surface area contributed by atoms with E-state index in [0.717, 1.165) is 11.4 Å². The van der Waals surface area contributed by atoms with Crippen molar-refractivity contribution in [1.82, 2.24) is 9.97 Å². The van der Waals surface area contributed by atoms with E-state index in [9.17, 15) is 0 Å². The summed E-state index contributed by atoms with van der Waals surface area (Å²) < 4.78 is 2.30. The lowest BCUT2D eigenvalue weighted by Gasteiger charge is -2.41. The minimum Gasteiger partial charge on any atom is -0.257 e. The largest absolute Gasteiger partial charge is 0.257 e. The molecule has 2 aromatic heterocycles. The molecule has 3 heteroatoms.